The van der Waals surface area contributed by atoms with Gasteiger partial charge >= 0.3 is 0 Å². The Bertz CT molecular complexity index is 498. The summed E-state index contributed by atoms with van der Waals surface area (Å²) in [5.41, 5.74) is 6.44. The molecular formula is C14H25N3O2S. The number of likely N-dealkylation sites (N-methyl/N-ethyl adjacent to an activating group) is 2. The Morgan fingerprint density at radius 1 is 1.00 bits per heavy atom. The molecule has 0 amide bonds. The first-order valence-corrected chi connectivity index (χ1v) is 8.35. The van der Waals surface area contributed by atoms with Crippen molar-refractivity contribution < 1.29 is 8.42 Å². The van der Waals surface area contributed by atoms with Crippen molar-refractivity contribution in [3.8, 4) is 0 Å². The van der Waals surface area contributed by atoms with Gasteiger partial charge in [0.2, 0.25) is 0 Å². The Kier molecular flexibility index (Phi) is 6.61. The normalized spacial score (nSPS) is 12.3. The largest absolute Gasteiger partial charge is 0.326 e. The molecule has 20 heavy (non-hydrogen) atoms. The first kappa shape index (κ1) is 17.1. The molecule has 0 aliphatic rings. The maximum absolute atomic E-state index is 12.2. The van der Waals surface area contributed by atoms with Crippen molar-refractivity contribution in [2.24, 2.45) is 5.73 Å². The molecule has 0 spiro atoms. The number of nitrogens with two attached hydrogens (primary N) is 1. The average molecular weight is 299 g/mol. The number of hydrogen-bond donors (Lipinski definition) is 1. The van der Waals surface area contributed by atoms with Gasteiger partial charge in [0.15, 0.2) is 9.84 Å². The Morgan fingerprint density at radius 3 is 2.10 bits per heavy atom. The maximum atomic E-state index is 12.2. The first-order valence-electron chi connectivity index (χ1n) is 6.70. The number of rotatable bonds is 8. The molecule has 6 heteroatoms. The van der Waals surface area contributed by atoms with Crippen LogP contribution in [0.4, 0.5) is 0 Å². The van der Waals surface area contributed by atoms with Gasteiger partial charge in [-0.05, 0) is 38.8 Å². The van der Waals surface area contributed by atoms with E-state index in [2.05, 4.69) is 4.90 Å². The van der Waals surface area contributed by atoms with E-state index in [1.807, 2.05) is 26.0 Å². The molecule has 0 atom stereocenters. The van der Waals surface area contributed by atoms with Crippen molar-refractivity contribution in [3.05, 3.63) is 29.8 Å². The van der Waals surface area contributed by atoms with E-state index in [9.17, 15) is 8.42 Å². The smallest absolute Gasteiger partial charge is 0.179 e. The van der Waals surface area contributed by atoms with E-state index in [4.69, 9.17) is 5.73 Å². The van der Waals surface area contributed by atoms with E-state index in [1.165, 1.54) is 0 Å². The van der Waals surface area contributed by atoms with E-state index >= 15 is 0 Å². The molecule has 0 aliphatic heterocycles. The molecule has 2 N–H and O–H groups in total. The van der Waals surface area contributed by atoms with E-state index in [-0.39, 0.29) is 5.75 Å². The zero-order valence-electron chi connectivity index (χ0n) is 12.5. The van der Waals surface area contributed by atoms with Gasteiger partial charge in [0.1, 0.15) is 0 Å². The van der Waals surface area contributed by atoms with Crippen LogP contribution in [0.3, 0.4) is 0 Å². The van der Waals surface area contributed by atoms with Crippen LogP contribution in [0.25, 0.3) is 0 Å². The maximum Gasteiger partial charge on any atom is 0.179 e. The molecule has 0 heterocycles. The van der Waals surface area contributed by atoms with Crippen LogP contribution in [-0.2, 0) is 16.4 Å². The SMILES string of the molecule is CN(C)CCN(C)CCS(=O)(=O)c1ccc(CN)cc1. The lowest BCUT2D eigenvalue weighted by Crippen LogP contribution is -2.32. The highest BCUT2D eigenvalue weighted by Crippen LogP contribution is 2.12. The lowest BCUT2D eigenvalue weighted by molar-refractivity contribution is 0.293. The highest BCUT2D eigenvalue weighted by atomic mass is 32.2. The van der Waals surface area contributed by atoms with Gasteiger partial charge in [-0.1, -0.05) is 12.1 Å². The zero-order valence-corrected chi connectivity index (χ0v) is 13.4. The summed E-state index contributed by atoms with van der Waals surface area (Å²) in [6, 6.07) is 6.81. The standard InChI is InChI=1S/C14H25N3O2S/c1-16(2)8-9-17(3)10-11-20(18,19)14-6-4-13(12-15)5-7-14/h4-7H,8-12,15H2,1-3H3. The van der Waals surface area contributed by atoms with Gasteiger partial charge in [-0.25, -0.2) is 8.42 Å². The second kappa shape index (κ2) is 7.73. The summed E-state index contributed by atoms with van der Waals surface area (Å²) in [6.07, 6.45) is 0. The highest BCUT2D eigenvalue weighted by molar-refractivity contribution is 7.91. The van der Waals surface area contributed by atoms with Crippen molar-refractivity contribution in [1.82, 2.24) is 9.80 Å². The Hall–Kier alpha value is -0.950. The third-order valence-corrected chi connectivity index (χ3v) is 4.90. The molecule has 1 rings (SSSR count). The molecule has 1 aromatic rings. The van der Waals surface area contributed by atoms with Crippen molar-refractivity contribution in [2.45, 2.75) is 11.4 Å². The quantitative estimate of drug-likeness (QED) is 0.753. The molecule has 0 aliphatic carbocycles. The first-order chi connectivity index (χ1) is 9.35. The van der Waals surface area contributed by atoms with E-state index in [0.29, 0.717) is 18.0 Å². The van der Waals surface area contributed by atoms with Crippen LogP contribution in [0.15, 0.2) is 29.2 Å². The minimum atomic E-state index is -3.21. The summed E-state index contributed by atoms with van der Waals surface area (Å²) in [6.45, 7) is 2.73. The van der Waals surface area contributed by atoms with Gasteiger partial charge in [-0.3, -0.25) is 0 Å². The van der Waals surface area contributed by atoms with Gasteiger partial charge in [0.25, 0.3) is 0 Å². The van der Waals surface area contributed by atoms with Gasteiger partial charge in [-0.15, -0.1) is 0 Å². The summed E-state index contributed by atoms with van der Waals surface area (Å²) in [4.78, 5) is 4.48. The minimum Gasteiger partial charge on any atom is -0.326 e. The van der Waals surface area contributed by atoms with Crippen LogP contribution >= 0.6 is 0 Å². The van der Waals surface area contributed by atoms with Crippen LogP contribution in [0, 0.1) is 0 Å². The molecule has 114 valence electrons. The van der Waals surface area contributed by atoms with Crippen LogP contribution in [0.1, 0.15) is 5.56 Å². The third-order valence-electron chi connectivity index (χ3n) is 3.19. The fourth-order valence-corrected chi connectivity index (χ4v) is 3.05. The molecule has 0 saturated carbocycles. The predicted octanol–water partition coefficient (Wildman–Crippen LogP) is 0.412. The van der Waals surface area contributed by atoms with Gasteiger partial charge in [-0.2, -0.15) is 0 Å². The Morgan fingerprint density at radius 2 is 1.60 bits per heavy atom. The molecular weight excluding hydrogens is 274 g/mol. The molecule has 0 radical (unpaired) electrons. The highest BCUT2D eigenvalue weighted by Gasteiger charge is 2.15. The van der Waals surface area contributed by atoms with Gasteiger partial charge in [0.05, 0.1) is 10.6 Å². The average Bonchev–Trinajstić information content (AvgIpc) is 2.43. The topological polar surface area (TPSA) is 66.6 Å². The van der Waals surface area contributed by atoms with E-state index < -0.39 is 9.84 Å². The Balaban J connectivity index is 2.56. The number of sulfone groups is 1. The number of hydrogen-bond acceptors (Lipinski definition) is 5. The van der Waals surface area contributed by atoms with Crippen molar-refractivity contribution in [3.63, 3.8) is 0 Å². The third kappa shape index (κ3) is 5.58. The fraction of sp³-hybridized carbons (Fsp3) is 0.571. The van der Waals surface area contributed by atoms with Crippen LogP contribution in [0.2, 0.25) is 0 Å². The van der Waals surface area contributed by atoms with Gasteiger partial charge in [0, 0.05) is 26.2 Å². The number of benzene rings is 1. The lowest BCUT2D eigenvalue weighted by Gasteiger charge is -2.19. The summed E-state index contributed by atoms with van der Waals surface area (Å²) in [7, 11) is 2.73. The fourth-order valence-electron chi connectivity index (χ4n) is 1.71. The zero-order chi connectivity index (χ0) is 15.2. The summed E-state index contributed by atoms with van der Waals surface area (Å²) >= 11 is 0. The van der Waals surface area contributed by atoms with Crippen LogP contribution in [-0.4, -0.2) is 64.7 Å². The molecule has 0 unspecified atom stereocenters. The van der Waals surface area contributed by atoms with Crippen molar-refractivity contribution in [2.75, 3.05) is 46.5 Å². The minimum absolute atomic E-state index is 0.138. The lowest BCUT2D eigenvalue weighted by atomic mass is 10.2. The Labute approximate surface area is 122 Å². The van der Waals surface area contributed by atoms with Crippen molar-refractivity contribution in [1.29, 1.82) is 0 Å². The van der Waals surface area contributed by atoms with E-state index in [0.717, 1.165) is 18.7 Å². The molecule has 1 aromatic carbocycles. The summed E-state index contributed by atoms with van der Waals surface area (Å²) in [5.74, 6) is 0.138. The monoisotopic (exact) mass is 299 g/mol. The molecule has 5 nitrogen and oxygen atoms in total. The van der Waals surface area contributed by atoms with Crippen LogP contribution in [0.5, 0.6) is 0 Å². The van der Waals surface area contributed by atoms with Crippen LogP contribution < -0.4 is 5.73 Å². The molecule has 0 aromatic heterocycles. The second-order valence-electron chi connectivity index (χ2n) is 5.27. The molecule has 0 bridgehead atoms. The number of nitrogens with zero attached hydrogens (tertiary/aromatic N) is 2. The predicted molar refractivity (Wildman–Crippen MR) is 82.4 cm³/mol. The molecule has 0 fully saturated rings. The summed E-state index contributed by atoms with van der Waals surface area (Å²) < 4.78 is 24.4. The second-order valence-corrected chi connectivity index (χ2v) is 7.38. The molecule has 0 saturated heterocycles. The van der Waals surface area contributed by atoms with Gasteiger partial charge < -0.3 is 15.5 Å². The van der Waals surface area contributed by atoms with Crippen molar-refractivity contribution >= 4 is 9.84 Å². The van der Waals surface area contributed by atoms with E-state index in [1.54, 1.807) is 24.3 Å². The summed E-state index contributed by atoms with van der Waals surface area (Å²) in [5, 5.41) is 0.